The molecule has 3 aromatic heterocycles. The van der Waals surface area contributed by atoms with E-state index in [1.54, 1.807) is 26.0 Å². The van der Waals surface area contributed by atoms with Crippen LogP contribution in [-0.2, 0) is 27.4 Å². The van der Waals surface area contributed by atoms with Crippen molar-refractivity contribution < 1.29 is 23.5 Å². The van der Waals surface area contributed by atoms with Crippen molar-refractivity contribution in [2.45, 2.75) is 27.0 Å². The van der Waals surface area contributed by atoms with Gasteiger partial charge in [0.1, 0.15) is 23.7 Å². The summed E-state index contributed by atoms with van der Waals surface area (Å²) in [5, 5.41) is 2.96. The van der Waals surface area contributed by atoms with Crippen LogP contribution in [0.3, 0.4) is 0 Å². The van der Waals surface area contributed by atoms with Crippen molar-refractivity contribution in [1.29, 1.82) is 0 Å². The molecular formula is C21H19N5O7. The average molecular weight is 453 g/mol. The van der Waals surface area contributed by atoms with E-state index in [2.05, 4.69) is 15.1 Å². The number of carbonyl (C=O) groups is 2. The fourth-order valence-corrected chi connectivity index (χ4v) is 3.37. The second kappa shape index (κ2) is 8.57. The number of H-pyrrole nitrogens is 1. The van der Waals surface area contributed by atoms with Crippen LogP contribution in [0.25, 0.3) is 21.9 Å². The molecule has 0 spiro atoms. The molecule has 1 aromatic carbocycles. The number of hydrogen-bond donors (Lipinski definition) is 2. The van der Waals surface area contributed by atoms with Crippen LogP contribution in [0.1, 0.15) is 28.9 Å². The zero-order valence-corrected chi connectivity index (χ0v) is 17.7. The topological polar surface area (TPSA) is 172 Å². The number of ether oxygens (including phenoxy) is 2. The predicted octanol–water partition coefficient (Wildman–Crippen LogP) is 1.04. The monoisotopic (exact) mass is 453 g/mol. The minimum Gasteiger partial charge on any atom is -0.462 e. The number of aromatic amines is 1. The van der Waals surface area contributed by atoms with E-state index in [1.807, 2.05) is 0 Å². The molecule has 0 amide bonds. The Kier molecular flexibility index (Phi) is 5.65. The SMILES string of the molecule is CCOC(=O)c1c(C)oc2nc(COC(=O)Cn3[nH]c(=O)c4ccccc4c3=O)nc(N)c12. The van der Waals surface area contributed by atoms with Gasteiger partial charge in [-0.2, -0.15) is 4.98 Å². The molecular weight excluding hydrogens is 434 g/mol. The molecule has 170 valence electrons. The van der Waals surface area contributed by atoms with Gasteiger partial charge >= 0.3 is 11.9 Å². The van der Waals surface area contributed by atoms with E-state index >= 15 is 0 Å². The summed E-state index contributed by atoms with van der Waals surface area (Å²) in [6, 6.07) is 6.26. The van der Waals surface area contributed by atoms with Gasteiger partial charge in [-0.05, 0) is 26.0 Å². The van der Waals surface area contributed by atoms with Gasteiger partial charge < -0.3 is 19.6 Å². The highest BCUT2D eigenvalue weighted by atomic mass is 16.5. The summed E-state index contributed by atoms with van der Waals surface area (Å²) in [5.41, 5.74) is 5.11. The summed E-state index contributed by atoms with van der Waals surface area (Å²) in [7, 11) is 0. The summed E-state index contributed by atoms with van der Waals surface area (Å²) < 4.78 is 16.5. The van der Waals surface area contributed by atoms with Crippen LogP contribution in [0.5, 0.6) is 0 Å². The number of fused-ring (bicyclic) bond motifs is 2. The van der Waals surface area contributed by atoms with E-state index in [0.717, 1.165) is 4.68 Å². The van der Waals surface area contributed by atoms with Crippen LogP contribution in [0.2, 0.25) is 0 Å². The number of aromatic nitrogens is 4. The molecule has 0 saturated carbocycles. The number of nitrogens with two attached hydrogens (primary N) is 1. The highest BCUT2D eigenvalue weighted by Gasteiger charge is 2.24. The molecule has 12 nitrogen and oxygen atoms in total. The van der Waals surface area contributed by atoms with Crippen molar-refractivity contribution in [2.24, 2.45) is 0 Å². The Labute approximate surface area is 184 Å². The number of aryl methyl sites for hydroxylation is 1. The van der Waals surface area contributed by atoms with Gasteiger partial charge in [0.05, 0.1) is 22.8 Å². The standard InChI is InChI=1S/C21H19N5O7/c1-3-31-21(30)15-10(2)33-19-16(15)17(22)23-13(24-19)9-32-14(27)8-26-20(29)12-7-5-4-6-11(12)18(28)25-26/h4-7H,3,8-9H2,1-2H3,(H,25,28)(H2,22,23,24). The zero-order chi connectivity index (χ0) is 23.7. The molecule has 0 radical (unpaired) electrons. The second-order valence-electron chi connectivity index (χ2n) is 7.00. The normalized spacial score (nSPS) is 11.1. The Hall–Kier alpha value is -4.48. The molecule has 0 saturated heterocycles. The Bertz CT molecular complexity index is 1520. The number of nitrogens with one attached hydrogen (secondary N) is 1. The van der Waals surface area contributed by atoms with Crippen LogP contribution >= 0.6 is 0 Å². The van der Waals surface area contributed by atoms with Gasteiger partial charge in [-0.1, -0.05) is 12.1 Å². The first-order chi connectivity index (χ1) is 15.8. The number of nitrogens with zero attached hydrogens (tertiary/aromatic N) is 3. The Morgan fingerprint density at radius 1 is 1.15 bits per heavy atom. The van der Waals surface area contributed by atoms with E-state index in [1.165, 1.54) is 12.1 Å². The molecule has 0 bridgehead atoms. The van der Waals surface area contributed by atoms with E-state index in [-0.39, 0.29) is 58.1 Å². The number of esters is 2. The maximum Gasteiger partial charge on any atom is 0.342 e. The zero-order valence-electron chi connectivity index (χ0n) is 17.7. The first-order valence-corrected chi connectivity index (χ1v) is 9.90. The van der Waals surface area contributed by atoms with E-state index in [9.17, 15) is 19.2 Å². The van der Waals surface area contributed by atoms with Crippen molar-refractivity contribution in [1.82, 2.24) is 19.7 Å². The number of furan rings is 1. The highest BCUT2D eigenvalue weighted by molar-refractivity contribution is 6.07. The fourth-order valence-electron chi connectivity index (χ4n) is 3.37. The maximum absolute atomic E-state index is 12.5. The van der Waals surface area contributed by atoms with Gasteiger partial charge in [-0.15, -0.1) is 0 Å². The molecule has 0 aliphatic carbocycles. The first-order valence-electron chi connectivity index (χ1n) is 9.90. The molecule has 0 aliphatic heterocycles. The minimum absolute atomic E-state index is 0.0249. The number of carbonyl (C=O) groups excluding carboxylic acids is 2. The summed E-state index contributed by atoms with van der Waals surface area (Å²) >= 11 is 0. The predicted molar refractivity (Wildman–Crippen MR) is 116 cm³/mol. The van der Waals surface area contributed by atoms with Gasteiger partial charge in [0, 0.05) is 0 Å². The van der Waals surface area contributed by atoms with E-state index < -0.39 is 29.6 Å². The molecule has 4 rings (SSSR count). The lowest BCUT2D eigenvalue weighted by Gasteiger charge is -2.08. The minimum atomic E-state index is -0.812. The molecule has 0 fully saturated rings. The van der Waals surface area contributed by atoms with Crippen molar-refractivity contribution in [2.75, 3.05) is 12.3 Å². The van der Waals surface area contributed by atoms with Crippen molar-refractivity contribution in [3.05, 3.63) is 62.1 Å². The second-order valence-corrected chi connectivity index (χ2v) is 7.00. The lowest BCUT2D eigenvalue weighted by Crippen LogP contribution is -2.32. The number of benzene rings is 1. The maximum atomic E-state index is 12.5. The average Bonchev–Trinajstić information content (AvgIpc) is 3.12. The quantitative estimate of drug-likeness (QED) is 0.402. The molecule has 0 unspecified atom stereocenters. The number of rotatable bonds is 6. The lowest BCUT2D eigenvalue weighted by atomic mass is 10.2. The van der Waals surface area contributed by atoms with Gasteiger partial charge in [0.25, 0.3) is 11.1 Å². The molecule has 3 heterocycles. The van der Waals surface area contributed by atoms with Crippen molar-refractivity contribution >= 4 is 39.6 Å². The third-order valence-electron chi connectivity index (χ3n) is 4.81. The van der Waals surface area contributed by atoms with Crippen molar-refractivity contribution in [3.8, 4) is 0 Å². The fraction of sp³-hybridized carbons (Fsp3) is 0.238. The van der Waals surface area contributed by atoms with Crippen molar-refractivity contribution in [3.63, 3.8) is 0 Å². The van der Waals surface area contributed by atoms with Crippen LogP contribution in [0, 0.1) is 6.92 Å². The van der Waals surface area contributed by atoms with E-state index in [4.69, 9.17) is 19.6 Å². The number of nitrogen functional groups attached to an aromatic ring is 1. The van der Waals surface area contributed by atoms with Gasteiger partial charge in [-0.25, -0.2) is 14.5 Å². The number of hydrogen-bond acceptors (Lipinski definition) is 10. The summed E-state index contributed by atoms with van der Waals surface area (Å²) in [5.74, 6) is -1.18. The Morgan fingerprint density at radius 2 is 1.88 bits per heavy atom. The molecule has 4 aromatic rings. The summed E-state index contributed by atoms with van der Waals surface area (Å²) in [6.07, 6.45) is 0. The largest absolute Gasteiger partial charge is 0.462 e. The van der Waals surface area contributed by atoms with Gasteiger partial charge in [0.2, 0.25) is 5.71 Å². The molecule has 3 N–H and O–H groups in total. The Morgan fingerprint density at radius 3 is 2.61 bits per heavy atom. The molecule has 0 atom stereocenters. The van der Waals surface area contributed by atoms with Crippen LogP contribution in [-0.4, -0.2) is 38.3 Å². The van der Waals surface area contributed by atoms with Crippen LogP contribution in [0.15, 0.2) is 38.3 Å². The lowest BCUT2D eigenvalue weighted by molar-refractivity contribution is -0.146. The first kappa shape index (κ1) is 21.7. The van der Waals surface area contributed by atoms with Gasteiger partial charge in [0.15, 0.2) is 12.4 Å². The molecule has 33 heavy (non-hydrogen) atoms. The third kappa shape index (κ3) is 4.05. The summed E-state index contributed by atoms with van der Waals surface area (Å²) in [4.78, 5) is 57.3. The molecule has 12 heteroatoms. The smallest absolute Gasteiger partial charge is 0.342 e. The van der Waals surface area contributed by atoms with Crippen LogP contribution in [0.4, 0.5) is 5.82 Å². The highest BCUT2D eigenvalue weighted by Crippen LogP contribution is 2.29. The number of anilines is 1. The van der Waals surface area contributed by atoms with Gasteiger partial charge in [-0.3, -0.25) is 19.5 Å². The van der Waals surface area contributed by atoms with E-state index in [0.29, 0.717) is 0 Å². The summed E-state index contributed by atoms with van der Waals surface area (Å²) in [6.45, 7) is 2.51. The van der Waals surface area contributed by atoms with Crippen LogP contribution < -0.4 is 16.9 Å². The Balaban J connectivity index is 1.53. The third-order valence-corrected chi connectivity index (χ3v) is 4.81. The molecule has 0 aliphatic rings.